The molecule has 30 valence electrons. The average Bonchev–Trinajstić information content (AvgIpc) is 1.30. The van der Waals surface area contributed by atoms with Gasteiger partial charge in [-0.3, -0.25) is 0 Å². The molecule has 0 aliphatic carbocycles. The normalized spacial score (nSPS) is 25.8. The number of halogens is 1. The van der Waals surface area contributed by atoms with Crippen LogP contribution in [0.5, 0.6) is 0 Å². The van der Waals surface area contributed by atoms with Crippen molar-refractivity contribution in [1.82, 2.24) is 0 Å². The quantitative estimate of drug-likeness (QED) is 0.465. The lowest BCUT2D eigenvalue weighted by Gasteiger charge is -2.13. The Labute approximate surface area is 38.5 Å². The zero-order valence-corrected chi connectivity index (χ0v) is 4.11. The molecule has 0 atom stereocenters. The van der Waals surface area contributed by atoms with Gasteiger partial charge in [-0.05, 0) is 0 Å². The predicted molar refractivity (Wildman–Crippen MR) is 24.9 cm³/mol. The average molecular weight is 110 g/mol. The molecule has 1 fully saturated rings. The molecule has 0 nitrogen and oxygen atoms in total. The molecule has 0 bridgehead atoms. The van der Waals surface area contributed by atoms with Crippen LogP contribution >= 0.6 is 23.5 Å². The third-order valence-electron chi connectivity index (χ3n) is 0.398. The van der Waals surface area contributed by atoms with E-state index in [9.17, 15) is 4.39 Å². The van der Waals surface area contributed by atoms with E-state index < -0.39 is 4.84 Å². The van der Waals surface area contributed by atoms with E-state index in [4.69, 9.17) is 0 Å². The van der Waals surface area contributed by atoms with Gasteiger partial charge in [-0.2, -0.15) is 0 Å². The highest BCUT2D eigenvalue weighted by Gasteiger charge is 2.15. The number of hydrogen-bond donors (Lipinski definition) is 0. The first-order chi connectivity index (χ1) is 2.39. The maximum atomic E-state index is 11.4. The standard InChI is InChI=1S/C2H3FS2/c3-2-4-1-5-2/h2H,1H2. The first-order valence-electron chi connectivity index (χ1n) is 1.27. The summed E-state index contributed by atoms with van der Waals surface area (Å²) in [5.41, 5.74) is 0. The maximum Gasteiger partial charge on any atom is 0.193 e. The van der Waals surface area contributed by atoms with Crippen molar-refractivity contribution in [2.75, 3.05) is 5.08 Å². The molecular weight excluding hydrogens is 107 g/mol. The Kier molecular flexibility index (Phi) is 1.06. The first-order valence-corrected chi connectivity index (χ1v) is 3.36. The van der Waals surface area contributed by atoms with Crippen LogP contribution in [0.1, 0.15) is 0 Å². The van der Waals surface area contributed by atoms with Crippen molar-refractivity contribution in [3.05, 3.63) is 0 Å². The maximum absolute atomic E-state index is 11.4. The van der Waals surface area contributed by atoms with E-state index >= 15 is 0 Å². The van der Waals surface area contributed by atoms with Crippen molar-refractivity contribution >= 4 is 23.5 Å². The van der Waals surface area contributed by atoms with Crippen molar-refractivity contribution in [2.45, 2.75) is 4.84 Å². The molecule has 0 saturated carbocycles. The Morgan fingerprint density at radius 2 is 2.00 bits per heavy atom. The summed E-state index contributed by atoms with van der Waals surface area (Å²) < 4.78 is 11.4. The van der Waals surface area contributed by atoms with Crippen molar-refractivity contribution in [3.8, 4) is 0 Å². The van der Waals surface area contributed by atoms with Gasteiger partial charge in [-0.15, -0.1) is 23.5 Å². The summed E-state index contributed by atoms with van der Waals surface area (Å²) in [6, 6.07) is 0. The Hall–Kier alpha value is 0.630. The van der Waals surface area contributed by atoms with Crippen LogP contribution in [0.3, 0.4) is 0 Å². The smallest absolute Gasteiger partial charge is 0.193 e. The lowest BCUT2D eigenvalue weighted by Crippen LogP contribution is -1.97. The van der Waals surface area contributed by atoms with Gasteiger partial charge in [0.2, 0.25) is 0 Å². The number of thioether (sulfide) groups is 2. The Bertz CT molecular complexity index is 34.6. The highest BCUT2D eigenvalue weighted by atomic mass is 32.3. The molecule has 1 aliphatic rings. The van der Waals surface area contributed by atoms with Gasteiger partial charge in [0.15, 0.2) is 4.84 Å². The van der Waals surface area contributed by atoms with Gasteiger partial charge < -0.3 is 0 Å². The SMILES string of the molecule is FC1SCS1. The zero-order chi connectivity index (χ0) is 3.70. The minimum absolute atomic E-state index is 0.602. The van der Waals surface area contributed by atoms with Crippen molar-refractivity contribution in [3.63, 3.8) is 0 Å². The van der Waals surface area contributed by atoms with Gasteiger partial charge >= 0.3 is 0 Å². The molecule has 0 aromatic heterocycles. The van der Waals surface area contributed by atoms with E-state index in [-0.39, 0.29) is 0 Å². The third-order valence-corrected chi connectivity index (χ3v) is 2.83. The van der Waals surface area contributed by atoms with Crippen LogP contribution in [-0.2, 0) is 0 Å². The van der Waals surface area contributed by atoms with E-state index in [1.165, 1.54) is 23.5 Å². The monoisotopic (exact) mass is 110 g/mol. The van der Waals surface area contributed by atoms with E-state index in [0.717, 1.165) is 5.08 Å². The summed E-state index contributed by atoms with van der Waals surface area (Å²) in [5, 5.41) is 0.946. The molecule has 1 rings (SSSR count). The van der Waals surface area contributed by atoms with Gasteiger partial charge in [0, 0.05) is 5.08 Å². The number of hydrogen-bond acceptors (Lipinski definition) is 2. The Morgan fingerprint density at radius 1 is 1.60 bits per heavy atom. The summed E-state index contributed by atoms with van der Waals surface area (Å²) >= 11 is 2.71. The molecule has 5 heavy (non-hydrogen) atoms. The molecule has 0 aromatic carbocycles. The topological polar surface area (TPSA) is 0 Å². The Morgan fingerprint density at radius 3 is 2.00 bits per heavy atom. The predicted octanol–water partition coefficient (Wildman–Crippen LogP) is 1.68. The summed E-state index contributed by atoms with van der Waals surface area (Å²) in [4.78, 5) is -0.602. The van der Waals surface area contributed by atoms with Crippen LogP contribution in [0.25, 0.3) is 0 Å². The summed E-state index contributed by atoms with van der Waals surface area (Å²) in [6.07, 6.45) is 0. The molecule has 0 aromatic rings. The number of rotatable bonds is 0. The molecule has 0 spiro atoms. The van der Waals surface area contributed by atoms with E-state index in [0.29, 0.717) is 0 Å². The molecule has 1 heterocycles. The molecule has 1 aliphatic heterocycles. The van der Waals surface area contributed by atoms with Crippen LogP contribution in [0.4, 0.5) is 4.39 Å². The van der Waals surface area contributed by atoms with Crippen molar-refractivity contribution in [1.29, 1.82) is 0 Å². The fourth-order valence-corrected chi connectivity index (χ4v) is 1.08. The second kappa shape index (κ2) is 1.39. The molecule has 0 radical (unpaired) electrons. The third kappa shape index (κ3) is 0.729. The lowest BCUT2D eigenvalue weighted by atomic mass is 11.7. The van der Waals surface area contributed by atoms with E-state index in [2.05, 4.69) is 0 Å². The fourth-order valence-electron chi connectivity index (χ4n) is 0.119. The van der Waals surface area contributed by atoms with Crippen LogP contribution < -0.4 is 0 Å². The summed E-state index contributed by atoms with van der Waals surface area (Å²) in [5.74, 6) is 0. The van der Waals surface area contributed by atoms with Crippen LogP contribution in [-0.4, -0.2) is 9.92 Å². The highest BCUT2D eigenvalue weighted by molar-refractivity contribution is 8.32. The van der Waals surface area contributed by atoms with Crippen molar-refractivity contribution in [2.24, 2.45) is 0 Å². The van der Waals surface area contributed by atoms with Crippen LogP contribution in [0.15, 0.2) is 0 Å². The Balaban J connectivity index is 2.08. The second-order valence-corrected chi connectivity index (χ2v) is 3.46. The van der Waals surface area contributed by atoms with Crippen LogP contribution in [0.2, 0.25) is 0 Å². The largest absolute Gasteiger partial charge is 0.223 e. The molecule has 0 unspecified atom stereocenters. The van der Waals surface area contributed by atoms with Gasteiger partial charge in [-0.25, -0.2) is 4.39 Å². The van der Waals surface area contributed by atoms with Gasteiger partial charge in [0.1, 0.15) is 0 Å². The summed E-state index contributed by atoms with van der Waals surface area (Å²) in [6.45, 7) is 0. The van der Waals surface area contributed by atoms with E-state index in [1.807, 2.05) is 0 Å². The van der Waals surface area contributed by atoms with Gasteiger partial charge in [-0.1, -0.05) is 0 Å². The summed E-state index contributed by atoms with van der Waals surface area (Å²) in [7, 11) is 0. The van der Waals surface area contributed by atoms with E-state index in [1.54, 1.807) is 0 Å². The molecule has 0 amide bonds. The molecular formula is C2H3FS2. The van der Waals surface area contributed by atoms with Gasteiger partial charge in [0.05, 0.1) is 0 Å². The minimum Gasteiger partial charge on any atom is -0.223 e. The molecule has 1 saturated heterocycles. The zero-order valence-electron chi connectivity index (χ0n) is 2.48. The number of alkyl halides is 1. The fraction of sp³-hybridized carbons (Fsp3) is 1.00. The second-order valence-electron chi connectivity index (χ2n) is 0.726. The van der Waals surface area contributed by atoms with Gasteiger partial charge in [0.25, 0.3) is 0 Å². The highest BCUT2D eigenvalue weighted by Crippen LogP contribution is 2.38. The van der Waals surface area contributed by atoms with Crippen LogP contribution in [0, 0.1) is 0 Å². The first kappa shape index (κ1) is 3.81. The molecule has 3 heteroatoms. The molecule has 0 N–H and O–H groups in total. The van der Waals surface area contributed by atoms with Crippen molar-refractivity contribution < 1.29 is 4.39 Å². The lowest BCUT2D eigenvalue weighted by molar-refractivity contribution is 0.565. The minimum atomic E-state index is -0.602.